The normalized spacial score (nSPS) is 32.9. The van der Waals surface area contributed by atoms with Crippen LogP contribution in [-0.2, 0) is 0 Å². The van der Waals surface area contributed by atoms with Crippen LogP contribution in [0.4, 0.5) is 0 Å². The van der Waals surface area contributed by atoms with Gasteiger partial charge in [-0.25, -0.2) is 0 Å². The van der Waals surface area contributed by atoms with E-state index in [1.54, 1.807) is 0 Å². The van der Waals surface area contributed by atoms with Gasteiger partial charge in [0.1, 0.15) is 0 Å². The Morgan fingerprint density at radius 1 is 1.06 bits per heavy atom. The quantitative estimate of drug-likeness (QED) is 0.571. The van der Waals surface area contributed by atoms with E-state index in [0.29, 0.717) is 12.6 Å². The lowest BCUT2D eigenvalue weighted by molar-refractivity contribution is 0.0178. The Kier molecular flexibility index (Phi) is 4.78. The number of nitriles is 1. The smallest absolute Gasteiger partial charge is 0.0866 e. The van der Waals surface area contributed by atoms with Crippen molar-refractivity contribution in [1.82, 2.24) is 9.80 Å². The fraction of sp³-hybridized carbons (Fsp3) is 0.923. The van der Waals surface area contributed by atoms with Crippen LogP contribution >= 0.6 is 0 Å². The van der Waals surface area contributed by atoms with E-state index >= 15 is 0 Å². The van der Waals surface area contributed by atoms with Gasteiger partial charge in [-0.05, 0) is 12.8 Å². The van der Waals surface area contributed by atoms with Crippen LogP contribution in [0.25, 0.3) is 0 Å². The molecule has 2 unspecified atom stereocenters. The van der Waals surface area contributed by atoms with Crippen molar-refractivity contribution in [3.63, 3.8) is 0 Å². The summed E-state index contributed by atoms with van der Waals surface area (Å²) in [5.74, 6) is 0. The predicted molar refractivity (Wildman–Crippen MR) is 66.5 cm³/mol. The minimum Gasteiger partial charge on any atom is -0.391 e. The minimum absolute atomic E-state index is 0.139. The number of hydrogen-bond donors (Lipinski definition) is 1. The number of piperazine rings is 1. The van der Waals surface area contributed by atoms with Crippen LogP contribution in [0.15, 0.2) is 0 Å². The molecule has 1 saturated heterocycles. The van der Waals surface area contributed by atoms with Crippen molar-refractivity contribution in [2.75, 3.05) is 32.7 Å². The van der Waals surface area contributed by atoms with Crippen molar-refractivity contribution < 1.29 is 5.11 Å². The third-order valence-corrected chi connectivity index (χ3v) is 4.11. The molecule has 2 aliphatic rings. The van der Waals surface area contributed by atoms with Gasteiger partial charge >= 0.3 is 0 Å². The standard InChI is InChI=1S/C13H23N3O/c14-6-7-15-8-10-16(11-9-15)12-4-2-1-3-5-13(12)17/h12-13,17H,1-5,7-11H2. The van der Waals surface area contributed by atoms with Crippen molar-refractivity contribution in [1.29, 1.82) is 5.26 Å². The predicted octanol–water partition coefficient (Wildman–Crippen LogP) is 0.821. The largest absolute Gasteiger partial charge is 0.391 e. The van der Waals surface area contributed by atoms with E-state index in [0.717, 1.165) is 39.0 Å². The van der Waals surface area contributed by atoms with Crippen LogP contribution in [0, 0.1) is 11.3 Å². The summed E-state index contributed by atoms with van der Waals surface area (Å²) in [6.07, 6.45) is 5.65. The van der Waals surface area contributed by atoms with Gasteiger partial charge in [0.25, 0.3) is 0 Å². The molecule has 1 heterocycles. The first-order valence-electron chi connectivity index (χ1n) is 6.82. The van der Waals surface area contributed by atoms with E-state index < -0.39 is 0 Å². The Morgan fingerprint density at radius 3 is 2.47 bits per heavy atom. The minimum atomic E-state index is -0.139. The number of rotatable bonds is 2. The first-order valence-corrected chi connectivity index (χ1v) is 6.82. The second-order valence-corrected chi connectivity index (χ2v) is 5.24. The van der Waals surface area contributed by atoms with Crippen LogP contribution < -0.4 is 0 Å². The van der Waals surface area contributed by atoms with Crippen LogP contribution in [0.5, 0.6) is 0 Å². The zero-order chi connectivity index (χ0) is 12.1. The summed E-state index contributed by atoms with van der Waals surface area (Å²) < 4.78 is 0. The highest BCUT2D eigenvalue weighted by atomic mass is 16.3. The molecule has 0 radical (unpaired) electrons. The number of aliphatic hydroxyl groups is 1. The molecule has 1 aliphatic carbocycles. The molecule has 2 rings (SSSR count). The van der Waals surface area contributed by atoms with Crippen molar-refractivity contribution in [2.45, 2.75) is 44.2 Å². The van der Waals surface area contributed by atoms with Gasteiger partial charge in [0.05, 0.1) is 18.7 Å². The van der Waals surface area contributed by atoms with E-state index in [9.17, 15) is 5.11 Å². The van der Waals surface area contributed by atoms with Crippen molar-refractivity contribution in [3.05, 3.63) is 0 Å². The summed E-state index contributed by atoms with van der Waals surface area (Å²) in [6, 6.07) is 2.57. The highest BCUT2D eigenvalue weighted by Gasteiger charge is 2.29. The fourth-order valence-corrected chi connectivity index (χ4v) is 3.05. The second-order valence-electron chi connectivity index (χ2n) is 5.24. The first-order chi connectivity index (χ1) is 8.31. The maximum absolute atomic E-state index is 10.2. The average Bonchev–Trinajstić information content (AvgIpc) is 2.56. The van der Waals surface area contributed by atoms with E-state index in [-0.39, 0.29) is 6.10 Å². The topological polar surface area (TPSA) is 50.5 Å². The summed E-state index contributed by atoms with van der Waals surface area (Å²) in [7, 11) is 0. The molecule has 4 nitrogen and oxygen atoms in total. The molecule has 0 amide bonds. The molecule has 0 bridgehead atoms. The van der Waals surface area contributed by atoms with Crippen molar-refractivity contribution in [2.24, 2.45) is 0 Å². The Labute approximate surface area is 104 Å². The van der Waals surface area contributed by atoms with Gasteiger partial charge in [0, 0.05) is 32.2 Å². The molecule has 1 aliphatic heterocycles. The molecule has 1 N–H and O–H groups in total. The monoisotopic (exact) mass is 237 g/mol. The number of aliphatic hydroxyl groups excluding tert-OH is 1. The maximum atomic E-state index is 10.2. The molecule has 0 spiro atoms. The third kappa shape index (κ3) is 3.41. The van der Waals surface area contributed by atoms with Gasteiger partial charge in [0.2, 0.25) is 0 Å². The molecular formula is C13H23N3O. The van der Waals surface area contributed by atoms with Crippen LogP contribution in [0.1, 0.15) is 32.1 Å². The average molecular weight is 237 g/mol. The van der Waals surface area contributed by atoms with E-state index in [4.69, 9.17) is 5.26 Å². The molecular weight excluding hydrogens is 214 g/mol. The Bertz CT molecular complexity index is 268. The van der Waals surface area contributed by atoms with Crippen LogP contribution in [-0.4, -0.2) is 59.8 Å². The first kappa shape index (κ1) is 12.8. The number of nitrogens with zero attached hydrogens (tertiary/aromatic N) is 3. The summed E-state index contributed by atoms with van der Waals surface area (Å²) in [5.41, 5.74) is 0. The Morgan fingerprint density at radius 2 is 1.76 bits per heavy atom. The van der Waals surface area contributed by atoms with E-state index in [1.165, 1.54) is 19.3 Å². The summed E-state index contributed by atoms with van der Waals surface area (Å²) in [5, 5.41) is 18.8. The van der Waals surface area contributed by atoms with Crippen molar-refractivity contribution >= 4 is 0 Å². The zero-order valence-electron chi connectivity index (χ0n) is 10.5. The third-order valence-electron chi connectivity index (χ3n) is 4.11. The lowest BCUT2D eigenvalue weighted by Gasteiger charge is -2.40. The molecule has 4 heteroatoms. The molecule has 96 valence electrons. The molecule has 17 heavy (non-hydrogen) atoms. The SMILES string of the molecule is N#CCN1CCN(C2CCCCCC2O)CC1. The maximum Gasteiger partial charge on any atom is 0.0866 e. The summed E-state index contributed by atoms with van der Waals surface area (Å²) in [4.78, 5) is 4.63. The highest BCUT2D eigenvalue weighted by molar-refractivity contribution is 4.87. The zero-order valence-corrected chi connectivity index (χ0v) is 10.5. The van der Waals surface area contributed by atoms with Crippen LogP contribution in [0.3, 0.4) is 0 Å². The lowest BCUT2D eigenvalue weighted by Crippen LogP contribution is -2.53. The van der Waals surface area contributed by atoms with Gasteiger partial charge in [-0.2, -0.15) is 5.26 Å². The molecule has 2 fully saturated rings. The van der Waals surface area contributed by atoms with Crippen molar-refractivity contribution in [3.8, 4) is 6.07 Å². The molecule has 2 atom stereocenters. The fourth-order valence-electron chi connectivity index (χ4n) is 3.05. The summed E-state index contributed by atoms with van der Waals surface area (Å²) >= 11 is 0. The Hall–Kier alpha value is -0.630. The molecule has 0 aromatic carbocycles. The lowest BCUT2D eigenvalue weighted by atomic mass is 10.0. The van der Waals surface area contributed by atoms with E-state index in [2.05, 4.69) is 15.9 Å². The summed E-state index contributed by atoms with van der Waals surface area (Å²) in [6.45, 7) is 4.49. The Balaban J connectivity index is 1.84. The van der Waals surface area contributed by atoms with Gasteiger partial charge in [-0.15, -0.1) is 0 Å². The molecule has 0 aromatic heterocycles. The highest BCUT2D eigenvalue weighted by Crippen LogP contribution is 2.23. The molecule has 0 aromatic rings. The van der Waals surface area contributed by atoms with E-state index in [1.807, 2.05) is 0 Å². The number of hydrogen-bond acceptors (Lipinski definition) is 4. The second kappa shape index (κ2) is 6.34. The van der Waals surface area contributed by atoms with Gasteiger partial charge in [-0.1, -0.05) is 19.3 Å². The van der Waals surface area contributed by atoms with Gasteiger partial charge in [-0.3, -0.25) is 9.80 Å². The van der Waals surface area contributed by atoms with Crippen LogP contribution in [0.2, 0.25) is 0 Å². The van der Waals surface area contributed by atoms with Gasteiger partial charge in [0.15, 0.2) is 0 Å². The van der Waals surface area contributed by atoms with Gasteiger partial charge < -0.3 is 5.11 Å². The molecule has 1 saturated carbocycles.